The van der Waals surface area contributed by atoms with Gasteiger partial charge in [0.2, 0.25) is 15.9 Å². The Bertz CT molecular complexity index is 754. The predicted molar refractivity (Wildman–Crippen MR) is 101 cm³/mol. The average molecular weight is 397 g/mol. The van der Waals surface area contributed by atoms with E-state index >= 15 is 0 Å². The fourth-order valence-electron chi connectivity index (χ4n) is 2.84. The number of nitrogens with one attached hydrogen (secondary N) is 2. The molecule has 0 spiro atoms. The van der Waals surface area contributed by atoms with Crippen LogP contribution in [-0.2, 0) is 19.6 Å². The first-order valence-electron chi connectivity index (χ1n) is 9.04. The van der Waals surface area contributed by atoms with Gasteiger partial charge in [-0.3, -0.25) is 9.59 Å². The molecule has 150 valence electrons. The number of hydrogen-bond donors (Lipinski definition) is 2. The Labute approximate surface area is 160 Å². The van der Waals surface area contributed by atoms with Crippen LogP contribution in [-0.4, -0.2) is 62.9 Å². The summed E-state index contributed by atoms with van der Waals surface area (Å²) in [5.74, 6) is -0.695. The standard InChI is InChI=1S/C18H27N3O5S/c1-4-9-19-17(22)10-20-18(23)15-5-7-16(8-6-15)27(24,25)21-11-13(2)26-14(3)12-21/h5-8,13-14H,4,9-12H2,1-3H3,(H,19,22)(H,20,23)/t13-,14+. The molecule has 8 nitrogen and oxygen atoms in total. The molecule has 1 aromatic carbocycles. The first-order valence-corrected chi connectivity index (χ1v) is 10.5. The number of amides is 2. The normalized spacial score (nSPS) is 20.9. The van der Waals surface area contributed by atoms with Crippen molar-refractivity contribution in [1.29, 1.82) is 0 Å². The maximum Gasteiger partial charge on any atom is 0.251 e. The van der Waals surface area contributed by atoms with E-state index in [9.17, 15) is 18.0 Å². The summed E-state index contributed by atoms with van der Waals surface area (Å²) in [6.45, 7) is 6.63. The van der Waals surface area contributed by atoms with Crippen molar-refractivity contribution >= 4 is 21.8 Å². The summed E-state index contributed by atoms with van der Waals surface area (Å²) in [5, 5.41) is 5.18. The minimum atomic E-state index is -3.65. The molecular formula is C18H27N3O5S. The van der Waals surface area contributed by atoms with Crippen LogP contribution in [0, 0.1) is 0 Å². The Hall–Kier alpha value is -1.97. The molecule has 1 aliphatic heterocycles. The van der Waals surface area contributed by atoms with Gasteiger partial charge in [0.1, 0.15) is 0 Å². The smallest absolute Gasteiger partial charge is 0.251 e. The highest BCUT2D eigenvalue weighted by atomic mass is 32.2. The lowest BCUT2D eigenvalue weighted by molar-refractivity contribution is -0.120. The van der Waals surface area contributed by atoms with Crippen LogP contribution in [0.5, 0.6) is 0 Å². The molecule has 27 heavy (non-hydrogen) atoms. The third kappa shape index (κ3) is 5.75. The number of morpholine rings is 1. The number of sulfonamides is 1. The molecule has 0 radical (unpaired) electrons. The van der Waals surface area contributed by atoms with Gasteiger partial charge in [0.25, 0.3) is 5.91 Å². The lowest BCUT2D eigenvalue weighted by Gasteiger charge is -2.34. The minimum Gasteiger partial charge on any atom is -0.373 e. The molecule has 2 N–H and O–H groups in total. The molecule has 0 bridgehead atoms. The summed E-state index contributed by atoms with van der Waals surface area (Å²) >= 11 is 0. The maximum absolute atomic E-state index is 12.8. The molecule has 0 unspecified atom stereocenters. The number of hydrogen-bond acceptors (Lipinski definition) is 5. The Morgan fingerprint density at radius 2 is 1.70 bits per heavy atom. The summed E-state index contributed by atoms with van der Waals surface area (Å²) < 4.78 is 32.6. The Balaban J connectivity index is 2.01. The molecule has 2 amide bonds. The summed E-state index contributed by atoms with van der Waals surface area (Å²) in [6.07, 6.45) is 0.468. The van der Waals surface area contributed by atoms with Gasteiger partial charge >= 0.3 is 0 Å². The van der Waals surface area contributed by atoms with Crippen LogP contribution in [0.4, 0.5) is 0 Å². The van der Waals surface area contributed by atoms with Crippen molar-refractivity contribution in [3.63, 3.8) is 0 Å². The molecule has 1 fully saturated rings. The highest BCUT2D eigenvalue weighted by Crippen LogP contribution is 2.21. The zero-order valence-corrected chi connectivity index (χ0v) is 16.7. The van der Waals surface area contributed by atoms with Crippen LogP contribution in [0.25, 0.3) is 0 Å². The van der Waals surface area contributed by atoms with Crippen molar-refractivity contribution in [1.82, 2.24) is 14.9 Å². The first kappa shape index (κ1) is 21.3. The Morgan fingerprint density at radius 1 is 1.11 bits per heavy atom. The van der Waals surface area contributed by atoms with E-state index in [0.717, 1.165) is 6.42 Å². The van der Waals surface area contributed by atoms with Gasteiger partial charge in [-0.1, -0.05) is 6.92 Å². The number of ether oxygens (including phenoxy) is 1. The van der Waals surface area contributed by atoms with Crippen LogP contribution in [0.15, 0.2) is 29.2 Å². The SMILES string of the molecule is CCCNC(=O)CNC(=O)c1ccc(S(=O)(=O)N2C[C@@H](C)O[C@@H](C)C2)cc1. The highest BCUT2D eigenvalue weighted by Gasteiger charge is 2.32. The van der Waals surface area contributed by atoms with Gasteiger partial charge in [0, 0.05) is 25.2 Å². The first-order chi connectivity index (χ1) is 12.7. The van der Waals surface area contributed by atoms with Crippen LogP contribution in [0.1, 0.15) is 37.6 Å². The molecule has 1 aromatic rings. The molecular weight excluding hydrogens is 370 g/mol. The number of carbonyl (C=O) groups excluding carboxylic acids is 2. The topological polar surface area (TPSA) is 105 Å². The Kier molecular flexibility index (Phi) is 7.34. The Morgan fingerprint density at radius 3 is 2.26 bits per heavy atom. The van der Waals surface area contributed by atoms with E-state index in [1.54, 1.807) is 0 Å². The minimum absolute atomic E-state index is 0.123. The van der Waals surface area contributed by atoms with E-state index in [1.165, 1.54) is 28.6 Å². The molecule has 2 atom stereocenters. The van der Waals surface area contributed by atoms with E-state index in [-0.39, 0.29) is 29.6 Å². The van der Waals surface area contributed by atoms with Crippen molar-refractivity contribution in [3.05, 3.63) is 29.8 Å². The number of nitrogens with zero attached hydrogens (tertiary/aromatic N) is 1. The van der Waals surface area contributed by atoms with Gasteiger partial charge in [-0.25, -0.2) is 8.42 Å². The molecule has 1 saturated heterocycles. The summed E-state index contributed by atoms with van der Waals surface area (Å²) in [5.41, 5.74) is 0.293. The second-order valence-corrected chi connectivity index (χ2v) is 8.57. The van der Waals surface area contributed by atoms with Crippen molar-refractivity contribution < 1.29 is 22.7 Å². The van der Waals surface area contributed by atoms with Crippen LogP contribution in [0.3, 0.4) is 0 Å². The average Bonchev–Trinajstić information content (AvgIpc) is 2.63. The van der Waals surface area contributed by atoms with Gasteiger partial charge in [0.05, 0.1) is 23.6 Å². The molecule has 0 aliphatic carbocycles. The number of rotatable bonds is 7. The summed E-state index contributed by atoms with van der Waals surface area (Å²) in [7, 11) is -3.65. The monoisotopic (exact) mass is 397 g/mol. The van der Waals surface area contributed by atoms with Gasteiger partial charge < -0.3 is 15.4 Å². The van der Waals surface area contributed by atoms with Crippen LogP contribution in [0.2, 0.25) is 0 Å². The summed E-state index contributed by atoms with van der Waals surface area (Å²) in [6, 6.07) is 5.71. The van der Waals surface area contributed by atoms with Gasteiger partial charge in [-0.2, -0.15) is 4.31 Å². The van der Waals surface area contributed by atoms with E-state index in [1.807, 2.05) is 20.8 Å². The molecule has 2 rings (SSSR count). The number of benzene rings is 1. The second kappa shape index (κ2) is 9.29. The fourth-order valence-corrected chi connectivity index (χ4v) is 4.43. The van der Waals surface area contributed by atoms with Crippen molar-refractivity contribution in [3.8, 4) is 0 Å². The summed E-state index contributed by atoms with van der Waals surface area (Å²) in [4.78, 5) is 23.8. The fraction of sp³-hybridized carbons (Fsp3) is 0.556. The molecule has 1 heterocycles. The zero-order valence-electron chi connectivity index (χ0n) is 15.9. The van der Waals surface area contributed by atoms with Crippen molar-refractivity contribution in [2.45, 2.75) is 44.3 Å². The molecule has 0 aromatic heterocycles. The van der Waals surface area contributed by atoms with Gasteiger partial charge in [0.15, 0.2) is 0 Å². The molecule has 1 aliphatic rings. The quantitative estimate of drug-likeness (QED) is 0.706. The number of carbonyl (C=O) groups is 2. The lowest BCUT2D eigenvalue weighted by atomic mass is 10.2. The third-order valence-corrected chi connectivity index (χ3v) is 5.97. The van der Waals surface area contributed by atoms with E-state index in [2.05, 4.69) is 10.6 Å². The van der Waals surface area contributed by atoms with E-state index in [0.29, 0.717) is 25.2 Å². The lowest BCUT2D eigenvalue weighted by Crippen LogP contribution is -2.48. The van der Waals surface area contributed by atoms with Crippen molar-refractivity contribution in [2.75, 3.05) is 26.2 Å². The van der Waals surface area contributed by atoms with Crippen LogP contribution < -0.4 is 10.6 Å². The zero-order chi connectivity index (χ0) is 20.0. The highest BCUT2D eigenvalue weighted by molar-refractivity contribution is 7.89. The van der Waals surface area contributed by atoms with Gasteiger partial charge in [-0.05, 0) is 44.5 Å². The molecule has 9 heteroatoms. The maximum atomic E-state index is 12.8. The van der Waals surface area contributed by atoms with Crippen LogP contribution >= 0.6 is 0 Å². The predicted octanol–water partition coefficient (Wildman–Crippen LogP) is 0.741. The third-order valence-electron chi connectivity index (χ3n) is 4.12. The molecule has 0 saturated carbocycles. The van der Waals surface area contributed by atoms with E-state index < -0.39 is 15.9 Å². The van der Waals surface area contributed by atoms with Gasteiger partial charge in [-0.15, -0.1) is 0 Å². The largest absolute Gasteiger partial charge is 0.373 e. The second-order valence-electron chi connectivity index (χ2n) is 6.64. The van der Waals surface area contributed by atoms with E-state index in [4.69, 9.17) is 4.74 Å². The van der Waals surface area contributed by atoms with Crippen molar-refractivity contribution in [2.24, 2.45) is 0 Å².